The van der Waals surface area contributed by atoms with Crippen LogP contribution in [0.2, 0.25) is 0 Å². The lowest BCUT2D eigenvalue weighted by Gasteiger charge is -2.27. The van der Waals surface area contributed by atoms with Crippen LogP contribution in [0.3, 0.4) is 0 Å². The molecule has 5 nitrogen and oxygen atoms in total. The molecular weight excluding hydrogens is 273 g/mol. The van der Waals surface area contributed by atoms with Crippen molar-refractivity contribution in [3.8, 4) is 0 Å². The average Bonchev–Trinajstić information content (AvgIpc) is 2.85. The smallest absolute Gasteiger partial charge is 0.301 e. The quantitative estimate of drug-likeness (QED) is 0.598. The van der Waals surface area contributed by atoms with Gasteiger partial charge in [0.2, 0.25) is 5.82 Å². The molecule has 0 spiro atoms. The lowest BCUT2D eigenvalue weighted by Crippen LogP contribution is -2.38. The van der Waals surface area contributed by atoms with Gasteiger partial charge in [-0.2, -0.15) is 4.39 Å². The van der Waals surface area contributed by atoms with Crippen molar-refractivity contribution in [3.05, 3.63) is 39.7 Å². The van der Waals surface area contributed by atoms with Gasteiger partial charge in [0, 0.05) is 25.2 Å². The Bertz CT molecular complexity index is 510. The van der Waals surface area contributed by atoms with Gasteiger partial charge in [0.25, 0.3) is 0 Å². The van der Waals surface area contributed by atoms with Crippen LogP contribution < -0.4 is 0 Å². The summed E-state index contributed by atoms with van der Waals surface area (Å²) < 4.78 is 13.6. The molecule has 0 bridgehead atoms. The molecule has 1 aliphatic rings. The zero-order valence-electron chi connectivity index (χ0n) is 12.6. The number of rotatable bonds is 6. The number of likely N-dealkylation sites (N-methyl/N-ethyl adjacent to an activating group) is 2. The third-order valence-corrected chi connectivity index (χ3v) is 4.09. The first kappa shape index (κ1) is 15.9. The second-order valence-electron chi connectivity index (χ2n) is 5.66. The van der Waals surface area contributed by atoms with Crippen LogP contribution in [0.4, 0.5) is 10.1 Å². The van der Waals surface area contributed by atoms with Gasteiger partial charge in [-0.15, -0.1) is 0 Å². The lowest BCUT2D eigenvalue weighted by atomic mass is 10.1. The predicted octanol–water partition coefficient (Wildman–Crippen LogP) is 2.65. The first-order valence-electron chi connectivity index (χ1n) is 7.36. The van der Waals surface area contributed by atoms with Gasteiger partial charge >= 0.3 is 5.69 Å². The highest BCUT2D eigenvalue weighted by atomic mass is 19.1. The molecule has 1 heterocycles. The molecule has 2 rings (SSSR count). The van der Waals surface area contributed by atoms with Gasteiger partial charge in [0.1, 0.15) is 0 Å². The third kappa shape index (κ3) is 3.98. The summed E-state index contributed by atoms with van der Waals surface area (Å²) in [6, 6.07) is 4.69. The molecular formula is C15H22FN3O2. The average molecular weight is 295 g/mol. The molecule has 0 radical (unpaired) electrons. The van der Waals surface area contributed by atoms with Crippen molar-refractivity contribution in [1.82, 2.24) is 9.80 Å². The van der Waals surface area contributed by atoms with Crippen molar-refractivity contribution in [2.45, 2.75) is 32.4 Å². The second kappa shape index (κ2) is 6.95. The first-order chi connectivity index (χ1) is 10.0. The molecule has 1 atom stereocenters. The number of likely N-dealkylation sites (tertiary alicyclic amines) is 1. The second-order valence-corrected chi connectivity index (χ2v) is 5.66. The third-order valence-electron chi connectivity index (χ3n) is 4.09. The van der Waals surface area contributed by atoms with Crippen LogP contribution >= 0.6 is 0 Å². The Balaban J connectivity index is 1.95. The van der Waals surface area contributed by atoms with Crippen molar-refractivity contribution < 1.29 is 9.31 Å². The fourth-order valence-corrected chi connectivity index (χ4v) is 3.05. The minimum Gasteiger partial charge on any atom is -0.301 e. The molecule has 116 valence electrons. The van der Waals surface area contributed by atoms with Crippen molar-refractivity contribution in [2.75, 3.05) is 26.7 Å². The van der Waals surface area contributed by atoms with E-state index in [-0.39, 0.29) is 0 Å². The molecule has 21 heavy (non-hydrogen) atoms. The standard InChI is InChI=1S/C15H22FN3O2/c1-3-18-8-4-5-13(18)11-17(2)10-12-6-7-15(19(20)21)14(16)9-12/h6-7,9,13H,3-5,8,10-11H2,1-2H3. The summed E-state index contributed by atoms with van der Waals surface area (Å²) in [6.07, 6.45) is 2.44. The predicted molar refractivity (Wildman–Crippen MR) is 79.7 cm³/mol. The molecule has 1 unspecified atom stereocenters. The maximum Gasteiger partial charge on any atom is 0.304 e. The van der Waals surface area contributed by atoms with Crippen LogP contribution in [0.1, 0.15) is 25.3 Å². The van der Waals surface area contributed by atoms with Crippen molar-refractivity contribution in [1.29, 1.82) is 0 Å². The lowest BCUT2D eigenvalue weighted by molar-refractivity contribution is -0.387. The number of nitro benzene ring substituents is 1. The minimum atomic E-state index is -0.762. The highest BCUT2D eigenvalue weighted by Crippen LogP contribution is 2.20. The van der Waals surface area contributed by atoms with Crippen molar-refractivity contribution >= 4 is 5.69 Å². The molecule has 0 N–H and O–H groups in total. The van der Waals surface area contributed by atoms with E-state index in [1.807, 2.05) is 7.05 Å². The van der Waals surface area contributed by atoms with Crippen LogP contribution in [-0.2, 0) is 6.54 Å². The summed E-state index contributed by atoms with van der Waals surface area (Å²) in [5.74, 6) is -0.762. The maximum atomic E-state index is 13.6. The van der Waals surface area contributed by atoms with E-state index in [1.165, 1.54) is 25.0 Å². The van der Waals surface area contributed by atoms with Gasteiger partial charge in [-0.05, 0) is 44.6 Å². The van der Waals surface area contributed by atoms with E-state index < -0.39 is 16.4 Å². The monoisotopic (exact) mass is 295 g/mol. The Labute approximate surface area is 124 Å². The normalized spacial score (nSPS) is 19.3. The molecule has 6 heteroatoms. The van der Waals surface area contributed by atoms with Gasteiger partial charge in [-0.3, -0.25) is 15.0 Å². The Hall–Kier alpha value is -1.53. The summed E-state index contributed by atoms with van der Waals surface area (Å²) in [6.45, 7) is 5.92. The molecule has 1 saturated heterocycles. The van der Waals surface area contributed by atoms with Crippen molar-refractivity contribution in [2.24, 2.45) is 0 Å². The van der Waals surface area contributed by atoms with E-state index in [1.54, 1.807) is 6.07 Å². The Morgan fingerprint density at radius 2 is 2.29 bits per heavy atom. The van der Waals surface area contributed by atoms with Crippen LogP contribution in [0.5, 0.6) is 0 Å². The van der Waals surface area contributed by atoms with E-state index in [0.717, 1.165) is 25.2 Å². The Morgan fingerprint density at radius 3 is 2.90 bits per heavy atom. The van der Waals surface area contributed by atoms with Crippen LogP contribution in [0, 0.1) is 15.9 Å². The van der Waals surface area contributed by atoms with Crippen LogP contribution in [-0.4, -0.2) is 47.4 Å². The topological polar surface area (TPSA) is 49.6 Å². The molecule has 1 aromatic rings. The van der Waals surface area contributed by atoms with Gasteiger partial charge in [-0.1, -0.05) is 13.0 Å². The minimum absolute atomic E-state index is 0.464. The number of hydrogen-bond donors (Lipinski definition) is 0. The molecule has 0 saturated carbocycles. The Kier molecular flexibility index (Phi) is 5.25. The summed E-state index contributed by atoms with van der Waals surface area (Å²) in [5, 5.41) is 10.6. The SMILES string of the molecule is CCN1CCCC1CN(C)Cc1ccc([N+](=O)[O-])c(F)c1. The molecule has 1 aliphatic heterocycles. The number of nitrogens with zero attached hydrogens (tertiary/aromatic N) is 3. The zero-order chi connectivity index (χ0) is 15.4. The summed E-state index contributed by atoms with van der Waals surface area (Å²) in [5.41, 5.74) is 0.302. The van der Waals surface area contributed by atoms with E-state index in [4.69, 9.17) is 0 Å². The molecule has 1 aromatic carbocycles. The fraction of sp³-hybridized carbons (Fsp3) is 0.600. The highest BCUT2D eigenvalue weighted by Gasteiger charge is 2.24. The fourth-order valence-electron chi connectivity index (χ4n) is 3.05. The van der Waals surface area contributed by atoms with Gasteiger partial charge in [-0.25, -0.2) is 0 Å². The summed E-state index contributed by atoms with van der Waals surface area (Å²) in [4.78, 5) is 14.5. The first-order valence-corrected chi connectivity index (χ1v) is 7.36. The largest absolute Gasteiger partial charge is 0.304 e. The summed E-state index contributed by atoms with van der Waals surface area (Å²) in [7, 11) is 2.01. The molecule has 1 fully saturated rings. The number of hydrogen-bond acceptors (Lipinski definition) is 4. The van der Waals surface area contributed by atoms with E-state index in [0.29, 0.717) is 12.6 Å². The van der Waals surface area contributed by atoms with E-state index >= 15 is 0 Å². The maximum absolute atomic E-state index is 13.6. The van der Waals surface area contributed by atoms with Gasteiger partial charge in [0.15, 0.2) is 0 Å². The van der Waals surface area contributed by atoms with E-state index in [2.05, 4.69) is 16.7 Å². The summed E-state index contributed by atoms with van der Waals surface area (Å²) >= 11 is 0. The molecule has 0 amide bonds. The van der Waals surface area contributed by atoms with E-state index in [9.17, 15) is 14.5 Å². The number of halogens is 1. The van der Waals surface area contributed by atoms with Crippen LogP contribution in [0.15, 0.2) is 18.2 Å². The number of benzene rings is 1. The molecule has 0 aliphatic carbocycles. The zero-order valence-corrected chi connectivity index (χ0v) is 12.6. The number of nitro groups is 1. The Morgan fingerprint density at radius 1 is 1.52 bits per heavy atom. The molecule has 0 aromatic heterocycles. The van der Waals surface area contributed by atoms with Gasteiger partial charge < -0.3 is 4.90 Å². The van der Waals surface area contributed by atoms with Gasteiger partial charge in [0.05, 0.1) is 4.92 Å². The highest BCUT2D eigenvalue weighted by molar-refractivity contribution is 5.34. The van der Waals surface area contributed by atoms with Crippen molar-refractivity contribution in [3.63, 3.8) is 0 Å². The van der Waals surface area contributed by atoms with Crippen LogP contribution in [0.25, 0.3) is 0 Å².